The fourth-order valence-corrected chi connectivity index (χ4v) is 18.4. The van der Waals surface area contributed by atoms with Gasteiger partial charge in [-0.2, -0.15) is 26.3 Å². The second-order valence-corrected chi connectivity index (χ2v) is 34.0. The Kier molecular flexibility index (Phi) is 23.8. The molecule has 9 nitrogen and oxygen atoms in total. The summed E-state index contributed by atoms with van der Waals surface area (Å²) in [6, 6.07) is 122. The van der Waals surface area contributed by atoms with Crippen LogP contribution in [0.4, 0.5) is 37.7 Å². The topological polar surface area (TPSA) is 124 Å². The summed E-state index contributed by atoms with van der Waals surface area (Å²) in [5, 5.41) is 23.0. The van der Waals surface area contributed by atoms with Gasteiger partial charge < -0.3 is 14.9 Å². The number of fused-ring (bicyclic) bond motifs is 2. The highest BCUT2D eigenvalue weighted by molar-refractivity contribution is 6.36. The van der Waals surface area contributed by atoms with Crippen LogP contribution in [-0.2, 0) is 5.41 Å². The van der Waals surface area contributed by atoms with Crippen molar-refractivity contribution in [2.24, 2.45) is 0 Å². The summed E-state index contributed by atoms with van der Waals surface area (Å²) in [4.78, 5) is 59.3. The monoisotopic (exact) mass is 1830 g/mol. The van der Waals surface area contributed by atoms with E-state index in [4.69, 9.17) is 4.74 Å². The molecule has 0 aliphatic carbocycles. The van der Waals surface area contributed by atoms with Gasteiger partial charge in [0.15, 0.2) is 0 Å². The number of benzene rings is 18. The zero-order valence-corrected chi connectivity index (χ0v) is 74.9. The Hall–Kier alpha value is -18.5. The van der Waals surface area contributed by atoms with Crippen LogP contribution in [0, 0.1) is 61.2 Å². The first-order valence-corrected chi connectivity index (χ1v) is 44.9. The molecule has 2 heterocycles. The number of ether oxygens (including phenoxy) is 1. The average molecular weight is 1830 g/mol. The van der Waals surface area contributed by atoms with Crippen molar-refractivity contribution in [3.05, 3.63) is 502 Å². The summed E-state index contributed by atoms with van der Waals surface area (Å²) < 4.78 is 106. The van der Waals surface area contributed by atoms with Crippen molar-refractivity contribution in [2.75, 3.05) is 9.80 Å². The number of phenolic OH excluding ortho intramolecular Hbond substituents is 2. The molecule has 0 bridgehead atoms. The minimum absolute atomic E-state index is 0.208. The molecular weight excluding hydrogens is 1760 g/mol. The molecule has 18 aromatic carbocycles. The zero-order valence-electron chi connectivity index (χ0n) is 74.9. The molecule has 2 aliphatic rings. The second kappa shape index (κ2) is 37.4. The van der Waals surface area contributed by atoms with Crippen LogP contribution in [0.2, 0.25) is 0 Å². The van der Waals surface area contributed by atoms with Gasteiger partial charge in [-0.25, -0.2) is 9.80 Å². The van der Waals surface area contributed by atoms with E-state index in [9.17, 15) is 19.8 Å². The lowest BCUT2D eigenvalue weighted by atomic mass is 9.72. The molecule has 0 aromatic heterocycles. The lowest BCUT2D eigenvalue weighted by molar-refractivity contribution is -0.288. The van der Waals surface area contributed by atoms with Gasteiger partial charge in [-0.15, -0.1) is 0 Å². The highest BCUT2D eigenvalue weighted by Crippen LogP contribution is 2.60. The van der Waals surface area contributed by atoms with Crippen molar-refractivity contribution in [2.45, 2.75) is 31.6 Å². The molecule has 0 spiro atoms. The average Bonchev–Trinajstić information content (AvgIpc) is 1.04. The SMILES string of the molecule is Cc1ccc2c(c1)C(=O)N(c1cc(C(c3ccc(O)c(N4C(=O)c5ccc(-c6cc(-c7ccc(C#Cc8ccccc8)cc7)c(-c7ccc(Oc8ccc(-c9c(-c%10ccc(C#Cc%11ccccc%11)cc%10)cc(C)c(-c%10ccc(C#Cc%11ccccc%11)cc%10)c9-c9ccccc9)cc8)cc7)c(-c7ccccc7)c6-c6ccc(C#Cc7ccccc7)cc6)cc5C4=O)c3)(C(F)(F)F)C(F)(F)F)ccc1O)C2=O. The maximum absolute atomic E-state index is 16.4. The first-order chi connectivity index (χ1) is 68.0. The molecule has 0 fully saturated rings. The number of aromatic hydroxyl groups is 2. The zero-order chi connectivity index (χ0) is 96.5. The van der Waals surface area contributed by atoms with E-state index in [0.717, 1.165) is 100 Å². The Labute approximate surface area is 803 Å². The second-order valence-electron chi connectivity index (χ2n) is 34.0. The maximum Gasteiger partial charge on any atom is 0.411 e. The van der Waals surface area contributed by atoms with Crippen molar-refractivity contribution in [3.8, 4) is 171 Å². The van der Waals surface area contributed by atoms with Gasteiger partial charge in [-0.1, -0.05) is 290 Å². The van der Waals surface area contributed by atoms with Crippen LogP contribution >= 0.6 is 0 Å². The van der Waals surface area contributed by atoms with E-state index in [1.54, 1.807) is 13.0 Å². The number of carbonyl (C=O) groups is 4. The lowest BCUT2D eigenvalue weighted by Gasteiger charge is -2.39. The molecule has 15 heteroatoms. The molecule has 0 radical (unpaired) electrons. The quantitative estimate of drug-likeness (QED) is 0.0595. The van der Waals surface area contributed by atoms with Crippen molar-refractivity contribution in [1.29, 1.82) is 0 Å². The first kappa shape index (κ1) is 89.3. The number of alkyl halides is 6. The number of amides is 4. The number of phenols is 2. The van der Waals surface area contributed by atoms with Gasteiger partial charge in [0.2, 0.25) is 5.41 Å². The molecular formula is C125H76F6N2O7. The summed E-state index contributed by atoms with van der Waals surface area (Å²) in [7, 11) is 0. The molecule has 670 valence electrons. The number of carbonyl (C=O) groups excluding carboxylic acids is 4. The number of halogens is 6. The van der Waals surface area contributed by atoms with E-state index in [1.165, 1.54) is 30.3 Å². The van der Waals surface area contributed by atoms with Gasteiger partial charge in [-0.05, 0) is 307 Å². The predicted molar refractivity (Wildman–Crippen MR) is 539 cm³/mol. The van der Waals surface area contributed by atoms with E-state index in [2.05, 4.69) is 145 Å². The Morgan fingerprint density at radius 3 is 0.864 bits per heavy atom. The Morgan fingerprint density at radius 1 is 0.236 bits per heavy atom. The summed E-state index contributed by atoms with van der Waals surface area (Å²) in [6.45, 7) is 3.76. The van der Waals surface area contributed by atoms with Gasteiger partial charge in [0.25, 0.3) is 23.6 Å². The van der Waals surface area contributed by atoms with E-state index in [-0.39, 0.29) is 34.4 Å². The third-order valence-electron chi connectivity index (χ3n) is 25.1. The van der Waals surface area contributed by atoms with Crippen LogP contribution in [-0.4, -0.2) is 46.2 Å². The van der Waals surface area contributed by atoms with Crippen LogP contribution in [0.3, 0.4) is 0 Å². The Balaban J connectivity index is 0.713. The normalized spacial score (nSPS) is 12.1. The standard InChI is InChI=1S/C125H76F6N2O7/c1-79-33-69-102-107(73-79)121(138)132(119(102)136)109-76-98(63-71-111(109)134)123(124(126,127)128,125(129,130)131)99-64-72-112(135)110(77-99)133-120(137)103-70-62-97(75-108(103)122(133)139)106-78-105(90-52-44-86(45-53-90)39-35-82-23-11-4-12-24-82)115(118(92-31-19-8-20-32-92)116(106)94-56-48-88(49-57-94)41-37-84-27-15-6-16-28-84)96-60-67-101(68-61-96)140-100-65-58-95(59-66-100)114-104(89-50-42-85(43-51-89)38-34-81-21-9-3-10-22-81)74-80(2)113(117(114)91-29-17-7-18-30-91)93-54-46-87(47-55-93)40-36-83-25-13-5-14-26-83/h3-33,42-78,134-135H,1-2H3. The third kappa shape index (κ3) is 17.3. The van der Waals surface area contributed by atoms with Crippen LogP contribution in [0.15, 0.2) is 413 Å². The van der Waals surface area contributed by atoms with Crippen molar-refractivity contribution in [3.63, 3.8) is 0 Å². The van der Waals surface area contributed by atoms with Gasteiger partial charge >= 0.3 is 12.4 Å². The molecule has 0 saturated heterocycles. The molecule has 18 aromatic rings. The van der Waals surface area contributed by atoms with Gasteiger partial charge in [-0.3, -0.25) is 19.2 Å². The minimum atomic E-state index is -6.36. The van der Waals surface area contributed by atoms with Crippen LogP contribution < -0.4 is 14.5 Å². The molecule has 0 unspecified atom stereocenters. The van der Waals surface area contributed by atoms with E-state index < -0.39 is 75.4 Å². The van der Waals surface area contributed by atoms with Crippen molar-refractivity contribution < 1.29 is 60.5 Å². The minimum Gasteiger partial charge on any atom is -0.506 e. The lowest BCUT2D eigenvalue weighted by Crippen LogP contribution is -2.55. The highest BCUT2D eigenvalue weighted by atomic mass is 19.4. The number of hydrogen-bond donors (Lipinski definition) is 2. The van der Waals surface area contributed by atoms with E-state index >= 15 is 35.9 Å². The molecule has 0 saturated carbocycles. The molecule has 0 atom stereocenters. The highest BCUT2D eigenvalue weighted by Gasteiger charge is 2.73. The Morgan fingerprint density at radius 2 is 0.507 bits per heavy atom. The smallest absolute Gasteiger partial charge is 0.411 e. The molecule has 140 heavy (non-hydrogen) atoms. The summed E-state index contributed by atoms with van der Waals surface area (Å²) >= 11 is 0. The molecule has 2 aliphatic heterocycles. The number of anilines is 2. The number of aryl methyl sites for hydroxylation is 2. The summed E-state index contributed by atoms with van der Waals surface area (Å²) in [6.07, 6.45) is -12.7. The largest absolute Gasteiger partial charge is 0.506 e. The molecule has 2 N–H and O–H groups in total. The van der Waals surface area contributed by atoms with E-state index in [0.29, 0.717) is 101 Å². The van der Waals surface area contributed by atoms with Crippen molar-refractivity contribution in [1.82, 2.24) is 0 Å². The van der Waals surface area contributed by atoms with Crippen LogP contribution in [0.5, 0.6) is 23.0 Å². The third-order valence-corrected chi connectivity index (χ3v) is 25.1. The maximum atomic E-state index is 16.4. The predicted octanol–water partition coefficient (Wildman–Crippen LogP) is 29.1. The molecule has 20 rings (SSSR count). The fraction of sp³-hybridized carbons (Fsp3) is 0.0400. The fourth-order valence-electron chi connectivity index (χ4n) is 18.4. The molecule has 4 amide bonds. The number of imide groups is 2. The van der Waals surface area contributed by atoms with E-state index in [1.807, 2.05) is 249 Å². The van der Waals surface area contributed by atoms with Crippen LogP contribution in [0.25, 0.3) is 100 Å². The first-order valence-electron chi connectivity index (χ1n) is 44.9. The number of hydrogen-bond acceptors (Lipinski definition) is 7. The van der Waals surface area contributed by atoms with Gasteiger partial charge in [0, 0.05) is 44.5 Å². The summed E-state index contributed by atoms with van der Waals surface area (Å²) in [5.41, 5.74) is 11.0. The van der Waals surface area contributed by atoms with Gasteiger partial charge in [0.1, 0.15) is 23.0 Å². The Bertz CT molecular complexity index is 8220. The van der Waals surface area contributed by atoms with Gasteiger partial charge in [0.05, 0.1) is 33.6 Å². The number of nitrogens with zero attached hydrogens (tertiary/aromatic N) is 2. The summed E-state index contributed by atoms with van der Waals surface area (Å²) in [5.74, 6) is 20.8. The van der Waals surface area contributed by atoms with Crippen molar-refractivity contribution >= 4 is 35.0 Å². The number of rotatable bonds is 15. The van der Waals surface area contributed by atoms with Crippen LogP contribution in [0.1, 0.15) is 108 Å².